The number of carbonyl (C=O) groups is 3. The van der Waals surface area contributed by atoms with Crippen molar-refractivity contribution in [2.75, 3.05) is 31.5 Å². The second-order valence-electron chi connectivity index (χ2n) is 9.05. The van der Waals surface area contributed by atoms with Crippen LogP contribution in [0.3, 0.4) is 0 Å². The van der Waals surface area contributed by atoms with Crippen LogP contribution < -0.4 is 5.32 Å². The maximum Gasteiger partial charge on any atom is 0.246 e. The van der Waals surface area contributed by atoms with Crippen molar-refractivity contribution in [3.05, 3.63) is 58.2 Å². The number of carbonyl (C=O) groups excluding carboxylic acids is 3. The first-order valence-corrected chi connectivity index (χ1v) is 12.5. The first-order chi connectivity index (χ1) is 16.5. The van der Waals surface area contributed by atoms with E-state index < -0.39 is 5.41 Å². The summed E-state index contributed by atoms with van der Waals surface area (Å²) in [7, 11) is 0. The zero-order valence-electron chi connectivity index (χ0n) is 19.1. The van der Waals surface area contributed by atoms with E-state index in [9.17, 15) is 14.4 Å². The topological polar surface area (TPSA) is 95.5 Å². The van der Waals surface area contributed by atoms with Gasteiger partial charge in [0.15, 0.2) is 0 Å². The number of hydrogen-bond acceptors (Lipinski definition) is 6. The molecule has 2 aromatic heterocycles. The third kappa shape index (κ3) is 4.04. The summed E-state index contributed by atoms with van der Waals surface area (Å²) >= 11 is 1.57. The lowest BCUT2D eigenvalue weighted by Crippen LogP contribution is -2.53. The van der Waals surface area contributed by atoms with Crippen molar-refractivity contribution in [2.24, 2.45) is 5.92 Å². The Bertz CT molecular complexity index is 1160. The molecule has 1 N–H and O–H groups in total. The van der Waals surface area contributed by atoms with Gasteiger partial charge >= 0.3 is 0 Å². The van der Waals surface area contributed by atoms with Crippen LogP contribution in [-0.2, 0) is 19.8 Å². The molecule has 5 rings (SSSR count). The molecule has 0 bridgehead atoms. The molecule has 2 fully saturated rings. The molecular weight excluding hydrogens is 450 g/mol. The van der Waals surface area contributed by atoms with Gasteiger partial charge in [0.2, 0.25) is 17.7 Å². The number of thiazole rings is 1. The Kier molecular flexibility index (Phi) is 6.03. The van der Waals surface area contributed by atoms with Crippen LogP contribution in [0.4, 0.5) is 5.82 Å². The predicted molar refractivity (Wildman–Crippen MR) is 130 cm³/mol. The normalized spacial score (nSPS) is 24.4. The van der Waals surface area contributed by atoms with Crippen LogP contribution in [-0.4, -0.2) is 63.7 Å². The molecule has 3 aliphatic rings. The van der Waals surface area contributed by atoms with Gasteiger partial charge in [-0.25, -0.2) is 9.97 Å². The van der Waals surface area contributed by atoms with Crippen LogP contribution in [0.25, 0.3) is 6.08 Å². The second-order valence-corrected chi connectivity index (χ2v) is 9.77. The van der Waals surface area contributed by atoms with E-state index in [1.54, 1.807) is 35.4 Å². The van der Waals surface area contributed by atoms with Crippen molar-refractivity contribution in [1.29, 1.82) is 0 Å². The summed E-state index contributed by atoms with van der Waals surface area (Å²) in [6.07, 6.45) is 9.33. The van der Waals surface area contributed by atoms with Crippen LogP contribution in [0.15, 0.2) is 46.9 Å². The Morgan fingerprint density at radius 1 is 1.21 bits per heavy atom. The number of hydrogen-bond donors (Lipinski definition) is 1. The number of likely N-dealkylation sites (tertiary alicyclic amines) is 2. The standard InChI is InChI=1S/C25H27N5O3S/c1-17(31)30-12-8-25(21-3-2-9-26-23(21)28-24(25)33)19(14-30)4-5-22(32)29-10-6-18(7-11-29)13-20-15-34-16-27-20/h2-5,9,13,15-16,19H,6-8,10-12,14H2,1H3,(H,26,28,33)/b5-4+. The SMILES string of the molecule is CC(=O)N1CCC2(C(=O)Nc3ncccc32)C(/C=C/C(=O)N2CCC(=Cc3cscn3)CC2)C1. The Morgan fingerprint density at radius 3 is 2.76 bits per heavy atom. The van der Waals surface area contributed by atoms with E-state index in [4.69, 9.17) is 0 Å². The maximum atomic E-state index is 13.2. The third-order valence-electron chi connectivity index (χ3n) is 7.19. The van der Waals surface area contributed by atoms with Gasteiger partial charge in [0, 0.05) is 56.2 Å². The summed E-state index contributed by atoms with van der Waals surface area (Å²) in [6.45, 7) is 3.74. The lowest BCUT2D eigenvalue weighted by Gasteiger charge is -2.43. The summed E-state index contributed by atoms with van der Waals surface area (Å²) in [5.74, 6) is 0.0576. The highest BCUT2D eigenvalue weighted by molar-refractivity contribution is 7.07. The number of nitrogens with one attached hydrogen (secondary N) is 1. The molecule has 0 aliphatic carbocycles. The summed E-state index contributed by atoms with van der Waals surface area (Å²) in [5.41, 5.74) is 4.12. The third-order valence-corrected chi connectivity index (χ3v) is 7.79. The monoisotopic (exact) mass is 477 g/mol. The van der Waals surface area contributed by atoms with Crippen LogP contribution in [0.5, 0.6) is 0 Å². The number of fused-ring (bicyclic) bond motifs is 2. The zero-order valence-corrected chi connectivity index (χ0v) is 19.9. The van der Waals surface area contributed by atoms with Gasteiger partial charge in [0.1, 0.15) is 5.82 Å². The minimum atomic E-state index is -0.822. The van der Waals surface area contributed by atoms with E-state index >= 15 is 0 Å². The Morgan fingerprint density at radius 2 is 2.03 bits per heavy atom. The Labute approximate surface area is 202 Å². The molecule has 9 heteroatoms. The fourth-order valence-corrected chi connectivity index (χ4v) is 5.79. The highest BCUT2D eigenvalue weighted by Gasteiger charge is 2.54. The molecule has 2 saturated heterocycles. The average Bonchev–Trinajstić information content (AvgIpc) is 3.45. The van der Waals surface area contributed by atoms with Gasteiger partial charge in [-0.2, -0.15) is 0 Å². The van der Waals surface area contributed by atoms with E-state index in [2.05, 4.69) is 21.4 Å². The van der Waals surface area contributed by atoms with Gasteiger partial charge in [-0.3, -0.25) is 14.4 Å². The molecule has 2 atom stereocenters. The van der Waals surface area contributed by atoms with Gasteiger partial charge in [0.05, 0.1) is 16.6 Å². The van der Waals surface area contributed by atoms with Crippen LogP contribution in [0, 0.1) is 5.92 Å². The van der Waals surface area contributed by atoms with Gasteiger partial charge in [0.25, 0.3) is 0 Å². The summed E-state index contributed by atoms with van der Waals surface area (Å²) in [6, 6.07) is 3.75. The molecular formula is C25H27N5O3S. The van der Waals surface area contributed by atoms with E-state index in [-0.39, 0.29) is 23.6 Å². The van der Waals surface area contributed by atoms with Crippen molar-refractivity contribution < 1.29 is 14.4 Å². The molecule has 2 unspecified atom stereocenters. The van der Waals surface area contributed by atoms with E-state index in [1.807, 2.05) is 34.0 Å². The first kappa shape index (κ1) is 22.5. The lowest BCUT2D eigenvalue weighted by molar-refractivity contribution is -0.134. The number of nitrogens with zero attached hydrogens (tertiary/aromatic N) is 4. The number of anilines is 1. The lowest BCUT2D eigenvalue weighted by atomic mass is 9.66. The molecule has 5 heterocycles. The largest absolute Gasteiger partial charge is 0.342 e. The number of piperidine rings is 2. The molecule has 3 aliphatic heterocycles. The summed E-state index contributed by atoms with van der Waals surface area (Å²) in [5, 5.41) is 4.93. The first-order valence-electron chi connectivity index (χ1n) is 11.5. The summed E-state index contributed by atoms with van der Waals surface area (Å²) < 4.78 is 0. The van der Waals surface area contributed by atoms with Crippen LogP contribution in [0.1, 0.15) is 37.4 Å². The Hall–Kier alpha value is -3.33. The van der Waals surface area contributed by atoms with E-state index in [0.29, 0.717) is 38.4 Å². The highest BCUT2D eigenvalue weighted by atomic mass is 32.1. The molecule has 1 spiro atoms. The van der Waals surface area contributed by atoms with Crippen molar-refractivity contribution in [1.82, 2.24) is 19.8 Å². The minimum absolute atomic E-state index is 0.0279. The van der Waals surface area contributed by atoms with Gasteiger partial charge < -0.3 is 15.1 Å². The van der Waals surface area contributed by atoms with Crippen LogP contribution >= 0.6 is 11.3 Å². The van der Waals surface area contributed by atoms with Gasteiger partial charge in [-0.15, -0.1) is 11.3 Å². The summed E-state index contributed by atoms with van der Waals surface area (Å²) in [4.78, 5) is 50.6. The quantitative estimate of drug-likeness (QED) is 0.686. The fraction of sp³-hybridized carbons (Fsp3) is 0.400. The maximum absolute atomic E-state index is 13.2. The van der Waals surface area contributed by atoms with Gasteiger partial charge in [-0.1, -0.05) is 17.7 Å². The number of aromatic nitrogens is 2. The smallest absolute Gasteiger partial charge is 0.246 e. The Balaban J connectivity index is 1.33. The number of pyridine rings is 1. The van der Waals surface area contributed by atoms with Gasteiger partial charge in [-0.05, 0) is 37.5 Å². The molecule has 34 heavy (non-hydrogen) atoms. The number of amides is 3. The molecule has 176 valence electrons. The molecule has 2 aromatic rings. The van der Waals surface area contributed by atoms with Crippen molar-refractivity contribution >= 4 is 41.0 Å². The molecule has 0 aromatic carbocycles. The second kappa shape index (κ2) is 9.13. The van der Waals surface area contributed by atoms with Crippen LogP contribution in [0.2, 0.25) is 0 Å². The van der Waals surface area contributed by atoms with Crippen molar-refractivity contribution in [3.63, 3.8) is 0 Å². The highest BCUT2D eigenvalue weighted by Crippen LogP contribution is 2.47. The fourth-order valence-electron chi connectivity index (χ4n) is 5.28. The number of rotatable bonds is 3. The molecule has 0 saturated carbocycles. The van der Waals surface area contributed by atoms with Crippen molar-refractivity contribution in [2.45, 2.75) is 31.6 Å². The molecule has 3 amide bonds. The van der Waals surface area contributed by atoms with Crippen molar-refractivity contribution in [3.8, 4) is 0 Å². The predicted octanol–water partition coefficient (Wildman–Crippen LogP) is 2.86. The average molecular weight is 478 g/mol. The van der Waals surface area contributed by atoms with E-state index in [0.717, 1.165) is 24.1 Å². The van der Waals surface area contributed by atoms with E-state index in [1.165, 1.54) is 5.57 Å². The molecule has 0 radical (unpaired) electrons. The molecule has 8 nitrogen and oxygen atoms in total. The zero-order chi connectivity index (χ0) is 23.7. The minimum Gasteiger partial charge on any atom is -0.342 e.